The van der Waals surface area contributed by atoms with Crippen molar-refractivity contribution in [1.29, 1.82) is 5.26 Å². The van der Waals surface area contributed by atoms with Crippen LogP contribution in [0, 0.1) is 11.3 Å². The van der Waals surface area contributed by atoms with Crippen molar-refractivity contribution in [3.8, 4) is 6.07 Å². The van der Waals surface area contributed by atoms with Crippen LogP contribution in [0.15, 0.2) is 12.4 Å². The maximum atomic E-state index is 11.9. The lowest BCUT2D eigenvalue weighted by molar-refractivity contribution is 0.0761. The fourth-order valence-electron chi connectivity index (χ4n) is 1.20. The van der Waals surface area contributed by atoms with E-state index in [1.54, 1.807) is 4.90 Å². The van der Waals surface area contributed by atoms with E-state index < -0.39 is 0 Å². The Kier molecular flexibility index (Phi) is 4.21. The van der Waals surface area contributed by atoms with Gasteiger partial charge in [0.25, 0.3) is 5.91 Å². The maximum Gasteiger partial charge on any atom is 0.274 e. The standard InChI is InChI=1S/C10H13N5O/c1-2-15(5-3-4-11)10(16)8-6-14-9(12)7-13-8/h6-7H,2-3,5H2,1H3,(H2,12,14). The number of carbonyl (C=O) groups is 1. The average molecular weight is 219 g/mol. The van der Waals surface area contributed by atoms with Gasteiger partial charge in [0.2, 0.25) is 0 Å². The summed E-state index contributed by atoms with van der Waals surface area (Å²) < 4.78 is 0. The summed E-state index contributed by atoms with van der Waals surface area (Å²) in [6.07, 6.45) is 2.99. The molecule has 1 rings (SSSR count). The second-order valence-electron chi connectivity index (χ2n) is 3.12. The van der Waals surface area contributed by atoms with Crippen molar-refractivity contribution in [1.82, 2.24) is 14.9 Å². The molecule has 1 heterocycles. The van der Waals surface area contributed by atoms with Crippen molar-refractivity contribution >= 4 is 11.7 Å². The summed E-state index contributed by atoms with van der Waals surface area (Å²) in [7, 11) is 0. The van der Waals surface area contributed by atoms with Gasteiger partial charge in [0.05, 0.1) is 24.9 Å². The predicted octanol–water partition coefficient (Wildman–Crippen LogP) is 0.435. The van der Waals surface area contributed by atoms with Crippen molar-refractivity contribution in [2.45, 2.75) is 13.3 Å². The lowest BCUT2D eigenvalue weighted by Crippen LogP contribution is -2.32. The highest BCUT2D eigenvalue weighted by molar-refractivity contribution is 5.92. The highest BCUT2D eigenvalue weighted by atomic mass is 16.2. The third kappa shape index (κ3) is 2.92. The van der Waals surface area contributed by atoms with E-state index in [0.29, 0.717) is 19.5 Å². The first kappa shape index (κ1) is 11.9. The summed E-state index contributed by atoms with van der Waals surface area (Å²) in [6.45, 7) is 2.78. The van der Waals surface area contributed by atoms with Gasteiger partial charge in [-0.2, -0.15) is 5.26 Å². The number of hydrogen-bond donors (Lipinski definition) is 1. The van der Waals surface area contributed by atoms with Crippen LogP contribution in [0.25, 0.3) is 0 Å². The first-order valence-corrected chi connectivity index (χ1v) is 4.92. The molecular formula is C10H13N5O. The molecule has 0 aliphatic heterocycles. The summed E-state index contributed by atoms with van der Waals surface area (Å²) in [4.78, 5) is 21.1. The van der Waals surface area contributed by atoms with E-state index in [1.165, 1.54) is 12.4 Å². The second-order valence-corrected chi connectivity index (χ2v) is 3.12. The third-order valence-corrected chi connectivity index (χ3v) is 2.05. The minimum atomic E-state index is -0.231. The van der Waals surface area contributed by atoms with Gasteiger partial charge in [-0.3, -0.25) is 4.79 Å². The molecule has 0 aliphatic rings. The monoisotopic (exact) mass is 219 g/mol. The molecule has 0 bridgehead atoms. The van der Waals surface area contributed by atoms with Crippen LogP contribution < -0.4 is 5.73 Å². The highest BCUT2D eigenvalue weighted by Gasteiger charge is 2.15. The van der Waals surface area contributed by atoms with Gasteiger partial charge in [-0.05, 0) is 6.92 Å². The van der Waals surface area contributed by atoms with Crippen LogP contribution in [-0.2, 0) is 0 Å². The number of amides is 1. The van der Waals surface area contributed by atoms with Gasteiger partial charge in [-0.1, -0.05) is 0 Å². The number of nitrogen functional groups attached to an aromatic ring is 1. The molecule has 16 heavy (non-hydrogen) atoms. The summed E-state index contributed by atoms with van der Waals surface area (Å²) in [6, 6.07) is 2.00. The Hall–Kier alpha value is -2.16. The molecule has 0 aromatic carbocycles. The molecule has 84 valence electrons. The van der Waals surface area contributed by atoms with E-state index in [4.69, 9.17) is 11.0 Å². The van der Waals surface area contributed by atoms with Gasteiger partial charge in [-0.15, -0.1) is 0 Å². The van der Waals surface area contributed by atoms with Crippen molar-refractivity contribution in [2.24, 2.45) is 0 Å². The van der Waals surface area contributed by atoms with Crippen LogP contribution in [0.3, 0.4) is 0 Å². The number of hydrogen-bond acceptors (Lipinski definition) is 5. The molecule has 1 aromatic heterocycles. The number of nitrogens with zero attached hydrogens (tertiary/aromatic N) is 4. The summed E-state index contributed by atoms with van der Waals surface area (Å²) in [5.41, 5.74) is 5.62. The minimum absolute atomic E-state index is 0.231. The van der Waals surface area contributed by atoms with Gasteiger partial charge < -0.3 is 10.6 Å². The molecule has 1 aromatic rings. The zero-order chi connectivity index (χ0) is 12.0. The molecule has 6 nitrogen and oxygen atoms in total. The molecule has 2 N–H and O–H groups in total. The van der Waals surface area contributed by atoms with Crippen molar-refractivity contribution in [2.75, 3.05) is 18.8 Å². The minimum Gasteiger partial charge on any atom is -0.382 e. The third-order valence-electron chi connectivity index (χ3n) is 2.05. The zero-order valence-electron chi connectivity index (χ0n) is 9.05. The Morgan fingerprint density at radius 3 is 2.81 bits per heavy atom. The Morgan fingerprint density at radius 1 is 1.56 bits per heavy atom. The van der Waals surface area contributed by atoms with Gasteiger partial charge in [0, 0.05) is 13.1 Å². The zero-order valence-corrected chi connectivity index (χ0v) is 9.05. The van der Waals surface area contributed by atoms with Gasteiger partial charge in [0.1, 0.15) is 11.5 Å². The maximum absolute atomic E-state index is 11.9. The quantitative estimate of drug-likeness (QED) is 0.792. The van der Waals surface area contributed by atoms with E-state index in [0.717, 1.165) is 0 Å². The molecule has 0 saturated heterocycles. The Morgan fingerprint density at radius 2 is 2.31 bits per heavy atom. The van der Waals surface area contributed by atoms with Crippen LogP contribution in [-0.4, -0.2) is 33.9 Å². The van der Waals surface area contributed by atoms with Crippen LogP contribution >= 0.6 is 0 Å². The molecule has 0 atom stereocenters. The summed E-state index contributed by atoms with van der Waals surface area (Å²) >= 11 is 0. The smallest absolute Gasteiger partial charge is 0.274 e. The molecule has 6 heteroatoms. The number of rotatable bonds is 4. The van der Waals surface area contributed by atoms with Gasteiger partial charge in [-0.25, -0.2) is 9.97 Å². The molecule has 0 unspecified atom stereocenters. The highest BCUT2D eigenvalue weighted by Crippen LogP contribution is 2.02. The molecule has 0 fully saturated rings. The van der Waals surface area contributed by atoms with Crippen molar-refractivity contribution < 1.29 is 4.79 Å². The first-order chi connectivity index (χ1) is 7.69. The molecule has 0 saturated carbocycles. The normalized spacial score (nSPS) is 9.50. The summed E-state index contributed by atoms with van der Waals surface area (Å²) in [5.74, 6) is 0.0434. The number of nitrogens with two attached hydrogens (primary N) is 1. The van der Waals surface area contributed by atoms with E-state index in [1.807, 2.05) is 13.0 Å². The number of anilines is 1. The largest absolute Gasteiger partial charge is 0.382 e. The van der Waals surface area contributed by atoms with E-state index >= 15 is 0 Å². The van der Waals surface area contributed by atoms with Gasteiger partial charge >= 0.3 is 0 Å². The number of nitriles is 1. The van der Waals surface area contributed by atoms with Crippen molar-refractivity contribution in [3.05, 3.63) is 18.1 Å². The molecule has 0 radical (unpaired) electrons. The van der Waals surface area contributed by atoms with Gasteiger partial charge in [0.15, 0.2) is 0 Å². The molecule has 0 spiro atoms. The number of aromatic nitrogens is 2. The fraction of sp³-hybridized carbons (Fsp3) is 0.400. The lowest BCUT2D eigenvalue weighted by Gasteiger charge is -2.18. The average Bonchev–Trinajstić information content (AvgIpc) is 2.30. The predicted molar refractivity (Wildman–Crippen MR) is 58.3 cm³/mol. The topological polar surface area (TPSA) is 95.9 Å². The SMILES string of the molecule is CCN(CCC#N)C(=O)c1cnc(N)cn1. The fourth-order valence-corrected chi connectivity index (χ4v) is 1.20. The molecular weight excluding hydrogens is 206 g/mol. The Labute approximate surface area is 93.7 Å². The second kappa shape index (κ2) is 5.66. The molecule has 1 amide bonds. The number of carbonyl (C=O) groups excluding carboxylic acids is 1. The van der Waals surface area contributed by atoms with Crippen LogP contribution in [0.4, 0.5) is 5.82 Å². The summed E-state index contributed by atoms with van der Waals surface area (Å²) in [5, 5.41) is 8.47. The lowest BCUT2D eigenvalue weighted by atomic mass is 10.3. The Balaban J connectivity index is 2.75. The van der Waals surface area contributed by atoms with E-state index in [2.05, 4.69) is 9.97 Å². The van der Waals surface area contributed by atoms with Crippen LogP contribution in [0.5, 0.6) is 0 Å². The van der Waals surface area contributed by atoms with Crippen LogP contribution in [0.2, 0.25) is 0 Å². The van der Waals surface area contributed by atoms with Crippen molar-refractivity contribution in [3.63, 3.8) is 0 Å². The van der Waals surface area contributed by atoms with E-state index in [9.17, 15) is 4.79 Å². The van der Waals surface area contributed by atoms with Crippen LogP contribution in [0.1, 0.15) is 23.8 Å². The molecule has 0 aliphatic carbocycles. The Bertz CT molecular complexity index is 395. The first-order valence-electron chi connectivity index (χ1n) is 4.92. The van der Waals surface area contributed by atoms with E-state index in [-0.39, 0.29) is 17.4 Å².